The van der Waals surface area contributed by atoms with Gasteiger partial charge in [-0.15, -0.1) is 0 Å². The molecule has 0 aromatic carbocycles. The molecule has 2 heterocycles. The molecule has 0 spiro atoms. The predicted octanol–water partition coefficient (Wildman–Crippen LogP) is 0.806. The van der Waals surface area contributed by atoms with Crippen molar-refractivity contribution in [2.75, 3.05) is 40.1 Å². The van der Waals surface area contributed by atoms with E-state index in [0.29, 0.717) is 18.1 Å². The van der Waals surface area contributed by atoms with Gasteiger partial charge in [0, 0.05) is 31.8 Å². The molecule has 2 aliphatic rings. The van der Waals surface area contributed by atoms with Gasteiger partial charge >= 0.3 is 0 Å². The number of ether oxygens (including phenoxy) is 3. The SMILES string of the molecule is CNC(COC1CCOCC1)C1CCOC1. The summed E-state index contributed by atoms with van der Waals surface area (Å²) in [5.41, 5.74) is 0. The van der Waals surface area contributed by atoms with Crippen LogP contribution in [0, 0.1) is 5.92 Å². The van der Waals surface area contributed by atoms with Crippen LogP contribution >= 0.6 is 0 Å². The van der Waals surface area contributed by atoms with E-state index in [1.54, 1.807) is 0 Å². The average molecular weight is 229 g/mol. The minimum atomic E-state index is 0.395. The maximum atomic E-state index is 5.95. The molecular weight excluding hydrogens is 206 g/mol. The van der Waals surface area contributed by atoms with Crippen molar-refractivity contribution in [3.63, 3.8) is 0 Å². The highest BCUT2D eigenvalue weighted by molar-refractivity contribution is 4.78. The molecule has 2 aliphatic heterocycles. The Balaban J connectivity index is 1.69. The van der Waals surface area contributed by atoms with Gasteiger partial charge in [0.15, 0.2) is 0 Å². The number of hydrogen-bond acceptors (Lipinski definition) is 4. The second-order valence-electron chi connectivity index (χ2n) is 4.66. The summed E-state index contributed by atoms with van der Waals surface area (Å²) in [4.78, 5) is 0. The van der Waals surface area contributed by atoms with Crippen LogP contribution in [0.2, 0.25) is 0 Å². The van der Waals surface area contributed by atoms with Gasteiger partial charge in [-0.2, -0.15) is 0 Å². The zero-order chi connectivity index (χ0) is 11.2. The molecule has 0 aromatic rings. The van der Waals surface area contributed by atoms with Crippen molar-refractivity contribution in [1.29, 1.82) is 0 Å². The van der Waals surface area contributed by atoms with Gasteiger partial charge in [0.25, 0.3) is 0 Å². The summed E-state index contributed by atoms with van der Waals surface area (Å²) in [6.07, 6.45) is 3.63. The van der Waals surface area contributed by atoms with Crippen LogP contribution in [0.3, 0.4) is 0 Å². The summed E-state index contributed by atoms with van der Waals surface area (Å²) in [6.45, 7) is 4.28. The first-order chi connectivity index (χ1) is 7.90. The molecule has 0 bridgehead atoms. The first kappa shape index (κ1) is 12.3. The fraction of sp³-hybridized carbons (Fsp3) is 1.00. The van der Waals surface area contributed by atoms with Crippen molar-refractivity contribution in [1.82, 2.24) is 5.32 Å². The Labute approximate surface area is 97.6 Å². The molecule has 0 amide bonds. The number of likely N-dealkylation sites (N-methyl/N-ethyl adjacent to an activating group) is 1. The summed E-state index contributed by atoms with van der Waals surface area (Å²) >= 11 is 0. The lowest BCUT2D eigenvalue weighted by molar-refractivity contribution is -0.0421. The smallest absolute Gasteiger partial charge is 0.0626 e. The van der Waals surface area contributed by atoms with E-state index >= 15 is 0 Å². The predicted molar refractivity (Wildman–Crippen MR) is 61.6 cm³/mol. The van der Waals surface area contributed by atoms with Gasteiger partial charge in [-0.1, -0.05) is 0 Å². The monoisotopic (exact) mass is 229 g/mol. The molecule has 0 aliphatic carbocycles. The van der Waals surface area contributed by atoms with Gasteiger partial charge in [0.1, 0.15) is 0 Å². The highest BCUT2D eigenvalue weighted by Gasteiger charge is 2.26. The van der Waals surface area contributed by atoms with Crippen LogP contribution in [-0.4, -0.2) is 52.2 Å². The molecule has 2 rings (SSSR count). The van der Waals surface area contributed by atoms with Crippen LogP contribution in [0.25, 0.3) is 0 Å². The van der Waals surface area contributed by atoms with Crippen molar-refractivity contribution in [2.45, 2.75) is 31.4 Å². The van der Waals surface area contributed by atoms with E-state index in [-0.39, 0.29) is 0 Å². The second kappa shape index (κ2) is 6.55. The molecule has 2 atom stereocenters. The first-order valence-corrected chi connectivity index (χ1v) is 6.34. The Bertz CT molecular complexity index is 189. The average Bonchev–Trinajstić information content (AvgIpc) is 2.85. The minimum Gasteiger partial charge on any atom is -0.381 e. The molecule has 0 saturated carbocycles. The van der Waals surface area contributed by atoms with Crippen LogP contribution in [0.1, 0.15) is 19.3 Å². The Hall–Kier alpha value is -0.160. The third-order valence-electron chi connectivity index (χ3n) is 3.58. The second-order valence-corrected chi connectivity index (χ2v) is 4.66. The highest BCUT2D eigenvalue weighted by Crippen LogP contribution is 2.18. The van der Waals surface area contributed by atoms with E-state index in [1.165, 1.54) is 0 Å². The van der Waals surface area contributed by atoms with Crippen LogP contribution < -0.4 is 5.32 Å². The Morgan fingerprint density at radius 2 is 1.94 bits per heavy atom. The largest absolute Gasteiger partial charge is 0.381 e. The molecule has 4 heteroatoms. The third-order valence-corrected chi connectivity index (χ3v) is 3.58. The molecular formula is C12H23NO3. The van der Waals surface area contributed by atoms with Gasteiger partial charge in [0.2, 0.25) is 0 Å². The lowest BCUT2D eigenvalue weighted by Gasteiger charge is -2.27. The molecule has 2 unspecified atom stereocenters. The van der Waals surface area contributed by atoms with E-state index in [1.807, 2.05) is 7.05 Å². The molecule has 94 valence electrons. The van der Waals surface area contributed by atoms with Crippen molar-refractivity contribution in [3.8, 4) is 0 Å². The van der Waals surface area contributed by atoms with Gasteiger partial charge in [-0.3, -0.25) is 0 Å². The Kier molecular flexibility index (Phi) is 5.03. The third kappa shape index (κ3) is 3.42. The van der Waals surface area contributed by atoms with Crippen LogP contribution in [0.5, 0.6) is 0 Å². The molecule has 16 heavy (non-hydrogen) atoms. The fourth-order valence-corrected chi connectivity index (χ4v) is 2.41. The van der Waals surface area contributed by atoms with Gasteiger partial charge < -0.3 is 19.5 Å². The minimum absolute atomic E-state index is 0.395. The van der Waals surface area contributed by atoms with E-state index < -0.39 is 0 Å². The normalized spacial score (nSPS) is 29.4. The van der Waals surface area contributed by atoms with Gasteiger partial charge in [-0.25, -0.2) is 0 Å². The maximum Gasteiger partial charge on any atom is 0.0626 e. The molecule has 2 fully saturated rings. The van der Waals surface area contributed by atoms with Crippen molar-refractivity contribution < 1.29 is 14.2 Å². The summed E-state index contributed by atoms with van der Waals surface area (Å²) in [6, 6.07) is 0.436. The zero-order valence-corrected chi connectivity index (χ0v) is 10.1. The lowest BCUT2D eigenvalue weighted by Crippen LogP contribution is -2.40. The van der Waals surface area contributed by atoms with E-state index in [2.05, 4.69) is 5.32 Å². The molecule has 2 saturated heterocycles. The maximum absolute atomic E-state index is 5.95. The zero-order valence-electron chi connectivity index (χ0n) is 10.1. The van der Waals surface area contributed by atoms with Crippen molar-refractivity contribution in [3.05, 3.63) is 0 Å². The quantitative estimate of drug-likeness (QED) is 0.757. The molecule has 0 radical (unpaired) electrons. The molecule has 0 aromatic heterocycles. The van der Waals surface area contributed by atoms with Gasteiger partial charge in [-0.05, 0) is 26.3 Å². The van der Waals surface area contributed by atoms with Crippen molar-refractivity contribution >= 4 is 0 Å². The van der Waals surface area contributed by atoms with Crippen LogP contribution in [0.15, 0.2) is 0 Å². The summed E-state index contributed by atoms with van der Waals surface area (Å²) in [5, 5.41) is 3.35. The summed E-state index contributed by atoms with van der Waals surface area (Å²) in [7, 11) is 2.01. The molecule has 4 nitrogen and oxygen atoms in total. The fourth-order valence-electron chi connectivity index (χ4n) is 2.41. The topological polar surface area (TPSA) is 39.7 Å². The van der Waals surface area contributed by atoms with Crippen LogP contribution in [-0.2, 0) is 14.2 Å². The number of hydrogen-bond donors (Lipinski definition) is 1. The van der Waals surface area contributed by atoms with E-state index in [9.17, 15) is 0 Å². The number of nitrogens with one attached hydrogen (secondary N) is 1. The Morgan fingerprint density at radius 3 is 2.56 bits per heavy atom. The lowest BCUT2D eigenvalue weighted by atomic mass is 10.00. The highest BCUT2D eigenvalue weighted by atomic mass is 16.5. The van der Waals surface area contributed by atoms with E-state index in [0.717, 1.165) is 52.3 Å². The number of rotatable bonds is 5. The van der Waals surface area contributed by atoms with Crippen molar-refractivity contribution in [2.24, 2.45) is 5.92 Å². The summed E-state index contributed by atoms with van der Waals surface area (Å²) < 4.78 is 16.7. The van der Waals surface area contributed by atoms with E-state index in [4.69, 9.17) is 14.2 Å². The molecule has 1 N–H and O–H groups in total. The summed E-state index contributed by atoms with van der Waals surface area (Å²) in [5.74, 6) is 0.616. The van der Waals surface area contributed by atoms with Gasteiger partial charge in [0.05, 0.1) is 19.3 Å². The van der Waals surface area contributed by atoms with Crippen LogP contribution in [0.4, 0.5) is 0 Å². The Morgan fingerprint density at radius 1 is 1.19 bits per heavy atom. The standard InChI is InChI=1S/C12H23NO3/c1-13-12(10-2-5-15-8-10)9-16-11-3-6-14-7-4-11/h10-13H,2-9H2,1H3. The first-order valence-electron chi connectivity index (χ1n) is 6.34.